The van der Waals surface area contributed by atoms with Crippen molar-refractivity contribution in [2.24, 2.45) is 0 Å². The van der Waals surface area contributed by atoms with Crippen LogP contribution in [0.1, 0.15) is 26.2 Å². The number of hydrogen-bond donors (Lipinski definition) is 1. The number of rotatable bonds is 7. The Balaban J connectivity index is 4.03. The second-order valence-corrected chi connectivity index (χ2v) is 3.18. The number of Topliss-reactive ketones (excluding diaryl/α,β-unsaturated/α-hetero) is 1. The molecule has 0 aliphatic carbocycles. The number of hydrogen-bond acceptors (Lipinski definition) is 6. The molecule has 0 saturated heterocycles. The zero-order valence-corrected chi connectivity index (χ0v) is 8.65. The minimum atomic E-state index is -1.80. The third kappa shape index (κ3) is 5.74. The van der Waals surface area contributed by atoms with E-state index in [1.54, 1.807) is 0 Å². The van der Waals surface area contributed by atoms with Crippen LogP contribution in [0.2, 0.25) is 0 Å². The van der Waals surface area contributed by atoms with Crippen molar-refractivity contribution in [1.29, 1.82) is 0 Å². The standard InChI is InChI=1S/C9H13NO6/c1-5(11)10-6(8(13)14)3-2-4-7(12)9(15)16/h6H,2-4H2,1H3,(H,10,11)(H,13,14)(H,15,16)/p-2/t6-/m0/s1. The van der Waals surface area contributed by atoms with E-state index in [-0.39, 0.29) is 19.3 Å². The molecule has 1 amide bonds. The Kier molecular flexibility index (Phi) is 5.76. The highest BCUT2D eigenvalue weighted by molar-refractivity contribution is 6.31. The van der Waals surface area contributed by atoms with Gasteiger partial charge in [-0.15, -0.1) is 0 Å². The van der Waals surface area contributed by atoms with Gasteiger partial charge in [0.15, 0.2) is 5.78 Å². The Morgan fingerprint density at radius 1 is 1.19 bits per heavy atom. The van der Waals surface area contributed by atoms with Crippen molar-refractivity contribution in [3.63, 3.8) is 0 Å². The zero-order valence-electron chi connectivity index (χ0n) is 8.65. The lowest BCUT2D eigenvalue weighted by molar-refractivity contribution is -0.308. The van der Waals surface area contributed by atoms with Gasteiger partial charge in [0.1, 0.15) is 5.97 Å². The molecule has 1 atom stereocenters. The molecule has 0 fully saturated rings. The Morgan fingerprint density at radius 2 is 1.75 bits per heavy atom. The quantitative estimate of drug-likeness (QED) is 0.456. The van der Waals surface area contributed by atoms with Crippen LogP contribution in [0.5, 0.6) is 0 Å². The highest BCUT2D eigenvalue weighted by Gasteiger charge is 2.12. The molecule has 0 saturated carbocycles. The van der Waals surface area contributed by atoms with E-state index in [4.69, 9.17) is 0 Å². The van der Waals surface area contributed by atoms with Gasteiger partial charge in [-0.2, -0.15) is 0 Å². The van der Waals surface area contributed by atoms with E-state index >= 15 is 0 Å². The van der Waals surface area contributed by atoms with Crippen LogP contribution in [0.25, 0.3) is 0 Å². The van der Waals surface area contributed by atoms with Crippen LogP contribution >= 0.6 is 0 Å². The van der Waals surface area contributed by atoms with Crippen LogP contribution in [0.4, 0.5) is 0 Å². The van der Waals surface area contributed by atoms with Gasteiger partial charge in [-0.05, 0) is 12.8 Å². The van der Waals surface area contributed by atoms with E-state index in [0.717, 1.165) is 6.92 Å². The summed E-state index contributed by atoms with van der Waals surface area (Å²) in [5, 5.41) is 22.6. The molecule has 0 aliphatic heterocycles. The maximum absolute atomic E-state index is 10.6. The summed E-state index contributed by atoms with van der Waals surface area (Å²) < 4.78 is 0. The average Bonchev–Trinajstić information content (AvgIpc) is 2.14. The van der Waals surface area contributed by atoms with Crippen molar-refractivity contribution in [1.82, 2.24) is 5.32 Å². The van der Waals surface area contributed by atoms with Gasteiger partial charge in [0.05, 0.1) is 12.0 Å². The van der Waals surface area contributed by atoms with E-state index in [0.29, 0.717) is 0 Å². The summed E-state index contributed by atoms with van der Waals surface area (Å²) in [7, 11) is 0. The average molecular weight is 229 g/mol. The molecule has 0 aromatic rings. The fourth-order valence-corrected chi connectivity index (χ4v) is 1.06. The third-order valence-corrected chi connectivity index (χ3v) is 1.79. The van der Waals surface area contributed by atoms with Crippen molar-refractivity contribution < 1.29 is 29.4 Å². The highest BCUT2D eigenvalue weighted by Crippen LogP contribution is 2.01. The Labute approximate surface area is 91.4 Å². The lowest BCUT2D eigenvalue weighted by Crippen LogP contribution is -2.47. The molecule has 7 nitrogen and oxygen atoms in total. The van der Waals surface area contributed by atoms with E-state index in [1.807, 2.05) is 0 Å². The van der Waals surface area contributed by atoms with Crippen LogP contribution in [0.3, 0.4) is 0 Å². The normalized spacial score (nSPS) is 11.6. The number of nitrogens with one attached hydrogen (secondary N) is 1. The first kappa shape index (κ1) is 14.1. The van der Waals surface area contributed by atoms with Crippen molar-refractivity contribution >= 4 is 23.6 Å². The maximum atomic E-state index is 10.6. The lowest BCUT2D eigenvalue weighted by atomic mass is 10.1. The summed E-state index contributed by atoms with van der Waals surface area (Å²) in [6.45, 7) is 1.14. The molecular weight excluding hydrogens is 218 g/mol. The molecule has 0 heterocycles. The number of carbonyl (C=O) groups excluding carboxylic acids is 4. The third-order valence-electron chi connectivity index (χ3n) is 1.79. The van der Waals surface area contributed by atoms with Gasteiger partial charge in [0.2, 0.25) is 5.91 Å². The predicted octanol–water partition coefficient (Wildman–Crippen LogP) is -3.27. The van der Waals surface area contributed by atoms with E-state index < -0.39 is 29.7 Å². The molecule has 0 aromatic heterocycles. The molecule has 7 heteroatoms. The van der Waals surface area contributed by atoms with Gasteiger partial charge >= 0.3 is 0 Å². The Bertz CT molecular complexity index is 311. The van der Waals surface area contributed by atoms with Gasteiger partial charge in [0.25, 0.3) is 0 Å². The summed E-state index contributed by atoms with van der Waals surface area (Å²) in [5.74, 6) is -4.92. The largest absolute Gasteiger partial charge is 0.548 e. The molecule has 1 N–H and O–H groups in total. The molecule has 90 valence electrons. The molecule has 16 heavy (non-hydrogen) atoms. The van der Waals surface area contributed by atoms with Gasteiger partial charge in [-0.25, -0.2) is 0 Å². The van der Waals surface area contributed by atoms with Crippen LogP contribution in [0, 0.1) is 0 Å². The predicted molar refractivity (Wildman–Crippen MR) is 46.5 cm³/mol. The zero-order chi connectivity index (χ0) is 12.7. The van der Waals surface area contributed by atoms with Crippen LogP contribution in [0.15, 0.2) is 0 Å². The number of aliphatic carboxylic acids is 2. The minimum Gasteiger partial charge on any atom is -0.548 e. The second kappa shape index (κ2) is 6.54. The van der Waals surface area contributed by atoms with E-state index in [9.17, 15) is 29.4 Å². The molecule has 0 rings (SSSR count). The summed E-state index contributed by atoms with van der Waals surface area (Å²) in [6.07, 6.45) is -0.377. The van der Waals surface area contributed by atoms with Crippen molar-refractivity contribution in [2.45, 2.75) is 32.2 Å². The van der Waals surface area contributed by atoms with Crippen LogP contribution < -0.4 is 15.5 Å². The van der Waals surface area contributed by atoms with Crippen molar-refractivity contribution in [2.75, 3.05) is 0 Å². The van der Waals surface area contributed by atoms with Gasteiger partial charge in [-0.1, -0.05) is 0 Å². The fourth-order valence-electron chi connectivity index (χ4n) is 1.06. The Morgan fingerprint density at radius 3 is 2.12 bits per heavy atom. The molecular formula is C9H11NO6-2. The summed E-state index contributed by atoms with van der Waals surface area (Å²) in [6, 6.07) is -1.22. The van der Waals surface area contributed by atoms with Crippen LogP contribution in [-0.2, 0) is 19.2 Å². The van der Waals surface area contributed by atoms with Crippen molar-refractivity contribution in [3.05, 3.63) is 0 Å². The molecule has 0 bridgehead atoms. The molecule has 0 aromatic carbocycles. The molecule has 0 unspecified atom stereocenters. The first-order chi connectivity index (χ1) is 7.34. The summed E-state index contributed by atoms with van der Waals surface area (Å²) in [4.78, 5) is 41.7. The second-order valence-electron chi connectivity index (χ2n) is 3.18. The first-order valence-corrected chi connectivity index (χ1v) is 4.56. The summed E-state index contributed by atoms with van der Waals surface area (Å²) in [5.41, 5.74) is 0. The first-order valence-electron chi connectivity index (χ1n) is 4.56. The number of ketones is 1. The number of carbonyl (C=O) groups is 4. The smallest absolute Gasteiger partial charge is 0.217 e. The monoisotopic (exact) mass is 229 g/mol. The van der Waals surface area contributed by atoms with E-state index in [1.165, 1.54) is 0 Å². The van der Waals surface area contributed by atoms with Gasteiger partial charge in [-0.3, -0.25) is 9.59 Å². The summed E-state index contributed by atoms with van der Waals surface area (Å²) >= 11 is 0. The minimum absolute atomic E-state index is 0.0196. The van der Waals surface area contributed by atoms with Gasteiger partial charge < -0.3 is 25.1 Å². The number of carboxylic acid groups (broad SMARTS) is 2. The SMILES string of the molecule is CC(=O)N[C@@H](CCCC(=O)C(=O)[O-])C(=O)[O-]. The number of carboxylic acids is 2. The number of amides is 1. The maximum Gasteiger partial charge on any atom is 0.217 e. The molecule has 0 aliphatic rings. The topological polar surface area (TPSA) is 126 Å². The highest BCUT2D eigenvalue weighted by atomic mass is 16.4. The lowest BCUT2D eigenvalue weighted by Gasteiger charge is -2.18. The van der Waals surface area contributed by atoms with Gasteiger partial charge in [0, 0.05) is 13.3 Å². The Hall–Kier alpha value is -1.92. The van der Waals surface area contributed by atoms with Crippen LogP contribution in [-0.4, -0.2) is 29.7 Å². The molecule has 0 spiro atoms. The van der Waals surface area contributed by atoms with Crippen molar-refractivity contribution in [3.8, 4) is 0 Å². The molecule has 0 radical (unpaired) electrons. The fraction of sp³-hybridized carbons (Fsp3) is 0.556. The van der Waals surface area contributed by atoms with E-state index in [2.05, 4.69) is 5.32 Å².